The minimum absolute atomic E-state index is 0.0566. The van der Waals surface area contributed by atoms with Crippen molar-refractivity contribution < 1.29 is 18.4 Å². The van der Waals surface area contributed by atoms with Crippen molar-refractivity contribution in [3.05, 3.63) is 65.8 Å². The van der Waals surface area contributed by atoms with Gasteiger partial charge in [-0.05, 0) is 31.2 Å². The van der Waals surface area contributed by atoms with E-state index < -0.39 is 0 Å². The fourth-order valence-electron chi connectivity index (χ4n) is 2.13. The summed E-state index contributed by atoms with van der Waals surface area (Å²) in [6.45, 7) is 1.94. The maximum Gasteiger partial charge on any atom is 0.307 e. The summed E-state index contributed by atoms with van der Waals surface area (Å²) in [6.07, 6.45) is 0.237. The van der Waals surface area contributed by atoms with Gasteiger partial charge in [0.25, 0.3) is 5.89 Å². The number of carbonyl (C=O) groups is 1. The molecular weight excluding hydrogens is 355 g/mol. The van der Waals surface area contributed by atoms with E-state index in [1.165, 1.54) is 23.9 Å². The molecule has 0 saturated heterocycles. The molecule has 0 atom stereocenters. The Kier molecular flexibility index (Phi) is 6.01. The van der Waals surface area contributed by atoms with Gasteiger partial charge in [0.1, 0.15) is 5.82 Å². The van der Waals surface area contributed by atoms with Crippen LogP contribution in [-0.4, -0.2) is 21.9 Å². The third-order valence-corrected chi connectivity index (χ3v) is 4.54. The standard InChI is InChI=1S/C19H17FN2O3S/c1-13-2-4-14(5-3-13)19-21-17(25-22-19)12-24-18(23)10-11-26-16-8-6-15(20)7-9-16/h2-9H,10-12H2,1H3. The summed E-state index contributed by atoms with van der Waals surface area (Å²) in [5.41, 5.74) is 1.98. The zero-order chi connectivity index (χ0) is 18.4. The smallest absolute Gasteiger partial charge is 0.307 e. The van der Waals surface area contributed by atoms with Gasteiger partial charge in [0, 0.05) is 16.2 Å². The second-order valence-electron chi connectivity index (χ2n) is 5.59. The second-order valence-corrected chi connectivity index (χ2v) is 6.76. The van der Waals surface area contributed by atoms with Crippen LogP contribution in [0, 0.1) is 12.7 Å². The Labute approximate surface area is 154 Å². The summed E-state index contributed by atoms with van der Waals surface area (Å²) in [5.74, 6) is 0.624. The number of esters is 1. The van der Waals surface area contributed by atoms with Crippen molar-refractivity contribution in [2.75, 3.05) is 5.75 Å². The largest absolute Gasteiger partial charge is 0.456 e. The number of nitrogens with zero attached hydrogens (tertiary/aromatic N) is 2. The third-order valence-electron chi connectivity index (χ3n) is 3.52. The van der Waals surface area contributed by atoms with Crippen molar-refractivity contribution in [2.45, 2.75) is 24.8 Å². The molecule has 3 aromatic rings. The second kappa shape index (κ2) is 8.62. The zero-order valence-corrected chi connectivity index (χ0v) is 15.0. The molecule has 134 valence electrons. The molecular formula is C19H17FN2O3S. The number of aryl methyl sites for hydroxylation is 1. The summed E-state index contributed by atoms with van der Waals surface area (Å²) in [7, 11) is 0. The Morgan fingerprint density at radius 3 is 2.62 bits per heavy atom. The monoisotopic (exact) mass is 372 g/mol. The van der Waals surface area contributed by atoms with E-state index in [9.17, 15) is 9.18 Å². The van der Waals surface area contributed by atoms with E-state index in [1.807, 2.05) is 31.2 Å². The van der Waals surface area contributed by atoms with Gasteiger partial charge >= 0.3 is 5.97 Å². The van der Waals surface area contributed by atoms with Crippen molar-refractivity contribution >= 4 is 17.7 Å². The van der Waals surface area contributed by atoms with Crippen LogP contribution in [0.25, 0.3) is 11.4 Å². The topological polar surface area (TPSA) is 65.2 Å². The zero-order valence-electron chi connectivity index (χ0n) is 14.1. The molecule has 0 saturated carbocycles. The number of carbonyl (C=O) groups excluding carboxylic acids is 1. The van der Waals surface area contributed by atoms with Gasteiger partial charge in [0.15, 0.2) is 6.61 Å². The maximum atomic E-state index is 12.8. The van der Waals surface area contributed by atoms with Crippen LogP contribution in [0.3, 0.4) is 0 Å². The van der Waals surface area contributed by atoms with Gasteiger partial charge in [-0.3, -0.25) is 4.79 Å². The van der Waals surface area contributed by atoms with Gasteiger partial charge in [-0.25, -0.2) is 4.39 Å². The molecule has 1 aromatic heterocycles. The number of halogens is 1. The van der Waals surface area contributed by atoms with Crippen LogP contribution in [0.1, 0.15) is 17.9 Å². The van der Waals surface area contributed by atoms with E-state index in [0.29, 0.717) is 11.6 Å². The van der Waals surface area contributed by atoms with E-state index in [-0.39, 0.29) is 30.7 Å². The van der Waals surface area contributed by atoms with Crippen LogP contribution in [0.2, 0.25) is 0 Å². The number of rotatable bonds is 7. The molecule has 26 heavy (non-hydrogen) atoms. The van der Waals surface area contributed by atoms with Crippen LogP contribution < -0.4 is 0 Å². The van der Waals surface area contributed by atoms with E-state index in [2.05, 4.69) is 10.1 Å². The molecule has 0 fully saturated rings. The maximum absolute atomic E-state index is 12.8. The molecule has 3 rings (SSSR count). The van der Waals surface area contributed by atoms with Gasteiger partial charge in [-0.15, -0.1) is 11.8 Å². The molecule has 0 amide bonds. The summed E-state index contributed by atoms with van der Waals surface area (Å²) in [4.78, 5) is 16.9. The lowest BCUT2D eigenvalue weighted by Gasteiger charge is -2.02. The lowest BCUT2D eigenvalue weighted by molar-refractivity contribution is -0.145. The number of thioether (sulfide) groups is 1. The lowest BCUT2D eigenvalue weighted by Crippen LogP contribution is -2.05. The normalized spacial score (nSPS) is 10.7. The average Bonchev–Trinajstić information content (AvgIpc) is 3.11. The molecule has 0 aliphatic carbocycles. The Hall–Kier alpha value is -2.67. The highest BCUT2D eigenvalue weighted by Gasteiger charge is 2.11. The highest BCUT2D eigenvalue weighted by Crippen LogP contribution is 2.19. The Morgan fingerprint density at radius 2 is 1.88 bits per heavy atom. The molecule has 0 unspecified atom stereocenters. The molecule has 0 aliphatic heterocycles. The summed E-state index contributed by atoms with van der Waals surface area (Å²) >= 11 is 1.46. The Morgan fingerprint density at radius 1 is 1.15 bits per heavy atom. The highest BCUT2D eigenvalue weighted by atomic mass is 32.2. The van der Waals surface area contributed by atoms with Crippen LogP contribution in [0.15, 0.2) is 57.9 Å². The van der Waals surface area contributed by atoms with E-state index in [4.69, 9.17) is 9.26 Å². The van der Waals surface area contributed by atoms with Crippen molar-refractivity contribution in [3.8, 4) is 11.4 Å². The van der Waals surface area contributed by atoms with Gasteiger partial charge in [-0.2, -0.15) is 4.98 Å². The fraction of sp³-hybridized carbons (Fsp3) is 0.211. The van der Waals surface area contributed by atoms with Crippen molar-refractivity contribution in [3.63, 3.8) is 0 Å². The molecule has 7 heteroatoms. The lowest BCUT2D eigenvalue weighted by atomic mass is 10.1. The number of ether oxygens (including phenoxy) is 1. The molecule has 0 spiro atoms. The first-order valence-corrected chi connectivity index (χ1v) is 9.02. The third kappa shape index (κ3) is 5.16. The molecule has 0 radical (unpaired) electrons. The average molecular weight is 372 g/mol. The number of hydrogen-bond donors (Lipinski definition) is 0. The van der Waals surface area contributed by atoms with Crippen LogP contribution in [-0.2, 0) is 16.1 Å². The molecule has 2 aromatic carbocycles. The quantitative estimate of drug-likeness (QED) is 0.452. The first-order valence-electron chi connectivity index (χ1n) is 8.04. The number of aromatic nitrogens is 2. The van der Waals surface area contributed by atoms with E-state index in [1.54, 1.807) is 12.1 Å². The fourth-order valence-corrected chi connectivity index (χ4v) is 2.96. The minimum atomic E-state index is -0.352. The Balaban J connectivity index is 1.43. The molecule has 5 nitrogen and oxygen atoms in total. The summed E-state index contributed by atoms with van der Waals surface area (Å²) in [6, 6.07) is 13.9. The summed E-state index contributed by atoms with van der Waals surface area (Å²) in [5, 5.41) is 3.89. The van der Waals surface area contributed by atoms with Crippen LogP contribution in [0.5, 0.6) is 0 Å². The van der Waals surface area contributed by atoms with E-state index in [0.717, 1.165) is 16.0 Å². The van der Waals surface area contributed by atoms with Crippen molar-refractivity contribution in [1.29, 1.82) is 0 Å². The Bertz CT molecular complexity index is 863. The minimum Gasteiger partial charge on any atom is -0.456 e. The molecule has 0 aliphatic rings. The number of benzene rings is 2. The first kappa shape index (κ1) is 18.1. The molecule has 0 bridgehead atoms. The van der Waals surface area contributed by atoms with Crippen molar-refractivity contribution in [1.82, 2.24) is 10.1 Å². The predicted octanol–water partition coefficient (Wildman–Crippen LogP) is 4.41. The van der Waals surface area contributed by atoms with E-state index >= 15 is 0 Å². The SMILES string of the molecule is Cc1ccc(-c2noc(COC(=O)CCSc3ccc(F)cc3)n2)cc1. The van der Waals surface area contributed by atoms with Gasteiger partial charge in [0.2, 0.25) is 5.82 Å². The van der Waals surface area contributed by atoms with Gasteiger partial charge in [0.05, 0.1) is 6.42 Å². The van der Waals surface area contributed by atoms with Crippen molar-refractivity contribution in [2.24, 2.45) is 0 Å². The van der Waals surface area contributed by atoms with Gasteiger partial charge in [-0.1, -0.05) is 35.0 Å². The first-order chi connectivity index (χ1) is 12.6. The highest BCUT2D eigenvalue weighted by molar-refractivity contribution is 7.99. The summed E-state index contributed by atoms with van der Waals surface area (Å²) < 4.78 is 23.1. The van der Waals surface area contributed by atoms with Gasteiger partial charge < -0.3 is 9.26 Å². The van der Waals surface area contributed by atoms with Crippen LogP contribution >= 0.6 is 11.8 Å². The predicted molar refractivity (Wildman–Crippen MR) is 96.0 cm³/mol. The molecule has 1 heterocycles. The van der Waals surface area contributed by atoms with Crippen LogP contribution in [0.4, 0.5) is 4.39 Å². The number of hydrogen-bond acceptors (Lipinski definition) is 6. The molecule has 0 N–H and O–H groups in total.